The number of piperidine rings is 1. The zero-order chi connectivity index (χ0) is 12.8. The standard InChI is InChI=1S/C16H26N2/c1-2-15-13-14(7-6-10-17)8-9-16(15)18-11-4-3-5-12-18/h8-9,13H,2-7,10-12,17H2,1H3. The Labute approximate surface area is 111 Å². The summed E-state index contributed by atoms with van der Waals surface area (Å²) in [6.07, 6.45) is 7.42. The zero-order valence-corrected chi connectivity index (χ0v) is 11.6. The van der Waals surface area contributed by atoms with E-state index >= 15 is 0 Å². The van der Waals surface area contributed by atoms with Gasteiger partial charge < -0.3 is 10.6 Å². The molecule has 100 valence electrons. The van der Waals surface area contributed by atoms with Gasteiger partial charge in [-0.15, -0.1) is 0 Å². The van der Waals surface area contributed by atoms with Gasteiger partial charge in [-0.25, -0.2) is 0 Å². The van der Waals surface area contributed by atoms with Crippen LogP contribution in [-0.4, -0.2) is 19.6 Å². The maximum Gasteiger partial charge on any atom is 0.0398 e. The first-order valence-electron chi connectivity index (χ1n) is 7.42. The van der Waals surface area contributed by atoms with Crippen molar-refractivity contribution in [1.29, 1.82) is 0 Å². The fourth-order valence-corrected chi connectivity index (χ4v) is 2.83. The van der Waals surface area contributed by atoms with Gasteiger partial charge in [-0.05, 0) is 62.3 Å². The molecule has 1 aliphatic heterocycles. The lowest BCUT2D eigenvalue weighted by Gasteiger charge is -2.30. The third kappa shape index (κ3) is 3.26. The molecule has 0 spiro atoms. The Morgan fingerprint density at radius 1 is 1.17 bits per heavy atom. The Bertz CT molecular complexity index is 367. The van der Waals surface area contributed by atoms with E-state index in [-0.39, 0.29) is 0 Å². The van der Waals surface area contributed by atoms with Gasteiger partial charge in [-0.1, -0.05) is 19.1 Å². The molecule has 1 aromatic carbocycles. The Morgan fingerprint density at radius 3 is 2.61 bits per heavy atom. The second kappa shape index (κ2) is 6.79. The van der Waals surface area contributed by atoms with E-state index in [1.54, 1.807) is 0 Å². The highest BCUT2D eigenvalue weighted by molar-refractivity contribution is 5.55. The van der Waals surface area contributed by atoms with Gasteiger partial charge in [0.15, 0.2) is 0 Å². The van der Waals surface area contributed by atoms with E-state index < -0.39 is 0 Å². The molecule has 0 bridgehead atoms. The van der Waals surface area contributed by atoms with Gasteiger partial charge in [0.2, 0.25) is 0 Å². The second-order valence-electron chi connectivity index (χ2n) is 5.26. The molecule has 1 fully saturated rings. The van der Waals surface area contributed by atoms with E-state index in [1.807, 2.05) is 0 Å². The van der Waals surface area contributed by atoms with Gasteiger partial charge in [0.1, 0.15) is 0 Å². The van der Waals surface area contributed by atoms with Crippen LogP contribution in [0.4, 0.5) is 5.69 Å². The lowest BCUT2D eigenvalue weighted by atomic mass is 10.0. The van der Waals surface area contributed by atoms with E-state index in [0.717, 1.165) is 25.8 Å². The SMILES string of the molecule is CCc1cc(CCCN)ccc1N1CCCCC1. The average molecular weight is 246 g/mol. The van der Waals surface area contributed by atoms with Gasteiger partial charge in [0.05, 0.1) is 0 Å². The first kappa shape index (κ1) is 13.4. The van der Waals surface area contributed by atoms with Gasteiger partial charge in [0.25, 0.3) is 0 Å². The minimum absolute atomic E-state index is 0.787. The zero-order valence-electron chi connectivity index (χ0n) is 11.6. The van der Waals surface area contributed by atoms with Crippen molar-refractivity contribution < 1.29 is 0 Å². The largest absolute Gasteiger partial charge is 0.371 e. The number of nitrogens with zero attached hydrogens (tertiary/aromatic N) is 1. The van der Waals surface area contributed by atoms with E-state index in [1.165, 1.54) is 49.2 Å². The molecule has 0 unspecified atom stereocenters. The first-order valence-corrected chi connectivity index (χ1v) is 7.42. The molecule has 1 aliphatic rings. The monoisotopic (exact) mass is 246 g/mol. The number of aryl methyl sites for hydroxylation is 2. The lowest BCUT2D eigenvalue weighted by Crippen LogP contribution is -2.30. The maximum atomic E-state index is 5.59. The summed E-state index contributed by atoms with van der Waals surface area (Å²) >= 11 is 0. The van der Waals surface area contributed by atoms with Crippen LogP contribution in [0, 0.1) is 0 Å². The summed E-state index contributed by atoms with van der Waals surface area (Å²) in [6.45, 7) is 5.51. The van der Waals surface area contributed by atoms with E-state index in [2.05, 4.69) is 30.0 Å². The molecule has 1 aromatic rings. The van der Waals surface area contributed by atoms with Crippen molar-refractivity contribution in [3.05, 3.63) is 29.3 Å². The normalized spacial score (nSPS) is 16.0. The Hall–Kier alpha value is -1.02. The molecule has 0 amide bonds. The number of benzene rings is 1. The molecule has 0 radical (unpaired) electrons. The average Bonchev–Trinajstić information content (AvgIpc) is 2.45. The predicted octanol–water partition coefficient (Wildman–Crippen LogP) is 3.13. The maximum absolute atomic E-state index is 5.59. The number of rotatable bonds is 5. The number of hydrogen-bond acceptors (Lipinski definition) is 2. The molecule has 2 heteroatoms. The Morgan fingerprint density at radius 2 is 1.94 bits per heavy atom. The fraction of sp³-hybridized carbons (Fsp3) is 0.625. The van der Waals surface area contributed by atoms with Crippen molar-refractivity contribution >= 4 is 5.69 Å². The lowest BCUT2D eigenvalue weighted by molar-refractivity contribution is 0.576. The Balaban J connectivity index is 2.14. The highest BCUT2D eigenvalue weighted by atomic mass is 15.1. The molecule has 0 aromatic heterocycles. The molecular weight excluding hydrogens is 220 g/mol. The van der Waals surface area contributed by atoms with Gasteiger partial charge >= 0.3 is 0 Å². The van der Waals surface area contributed by atoms with E-state index in [9.17, 15) is 0 Å². The summed E-state index contributed by atoms with van der Waals surface area (Å²) in [6, 6.07) is 7.01. The third-order valence-electron chi connectivity index (χ3n) is 3.89. The molecule has 18 heavy (non-hydrogen) atoms. The Kier molecular flexibility index (Phi) is 5.06. The second-order valence-corrected chi connectivity index (χ2v) is 5.26. The van der Waals surface area contributed by atoms with Crippen molar-refractivity contribution in [3.8, 4) is 0 Å². The van der Waals surface area contributed by atoms with Crippen molar-refractivity contribution in [2.45, 2.75) is 45.4 Å². The van der Waals surface area contributed by atoms with Crippen LogP contribution in [0.5, 0.6) is 0 Å². The van der Waals surface area contributed by atoms with Gasteiger partial charge in [0, 0.05) is 18.8 Å². The molecule has 0 aliphatic carbocycles. The van der Waals surface area contributed by atoms with Crippen molar-refractivity contribution in [3.63, 3.8) is 0 Å². The summed E-state index contributed by atoms with van der Waals surface area (Å²) < 4.78 is 0. The van der Waals surface area contributed by atoms with Gasteiger partial charge in [-0.3, -0.25) is 0 Å². The van der Waals surface area contributed by atoms with Crippen molar-refractivity contribution in [1.82, 2.24) is 0 Å². The van der Waals surface area contributed by atoms with E-state index in [0.29, 0.717) is 0 Å². The van der Waals surface area contributed by atoms with Crippen LogP contribution in [0.2, 0.25) is 0 Å². The quantitative estimate of drug-likeness (QED) is 0.865. The smallest absolute Gasteiger partial charge is 0.0398 e. The number of nitrogens with two attached hydrogens (primary N) is 1. The highest BCUT2D eigenvalue weighted by Crippen LogP contribution is 2.26. The molecule has 2 rings (SSSR count). The molecule has 0 atom stereocenters. The first-order chi connectivity index (χ1) is 8.85. The van der Waals surface area contributed by atoms with Crippen LogP contribution < -0.4 is 10.6 Å². The number of anilines is 1. The molecule has 2 nitrogen and oxygen atoms in total. The molecule has 2 N–H and O–H groups in total. The van der Waals surface area contributed by atoms with Crippen molar-refractivity contribution in [2.24, 2.45) is 5.73 Å². The minimum Gasteiger partial charge on any atom is -0.371 e. The highest BCUT2D eigenvalue weighted by Gasteiger charge is 2.13. The van der Waals surface area contributed by atoms with Crippen LogP contribution in [0.15, 0.2) is 18.2 Å². The molecule has 1 saturated heterocycles. The fourth-order valence-electron chi connectivity index (χ4n) is 2.83. The summed E-state index contributed by atoms with van der Waals surface area (Å²) in [5.41, 5.74) is 10.0. The topological polar surface area (TPSA) is 29.3 Å². The van der Waals surface area contributed by atoms with Crippen LogP contribution >= 0.6 is 0 Å². The summed E-state index contributed by atoms with van der Waals surface area (Å²) in [5, 5.41) is 0. The molecular formula is C16H26N2. The molecule has 1 heterocycles. The van der Waals surface area contributed by atoms with Gasteiger partial charge in [-0.2, -0.15) is 0 Å². The van der Waals surface area contributed by atoms with Crippen LogP contribution in [0.3, 0.4) is 0 Å². The summed E-state index contributed by atoms with van der Waals surface area (Å²) in [7, 11) is 0. The van der Waals surface area contributed by atoms with E-state index in [4.69, 9.17) is 5.73 Å². The van der Waals surface area contributed by atoms with Crippen LogP contribution in [0.1, 0.15) is 43.7 Å². The summed E-state index contributed by atoms with van der Waals surface area (Å²) in [5.74, 6) is 0. The van der Waals surface area contributed by atoms with Crippen LogP contribution in [0.25, 0.3) is 0 Å². The summed E-state index contributed by atoms with van der Waals surface area (Å²) in [4.78, 5) is 2.56. The minimum atomic E-state index is 0.787. The van der Waals surface area contributed by atoms with Crippen molar-refractivity contribution in [2.75, 3.05) is 24.5 Å². The van der Waals surface area contributed by atoms with Crippen LogP contribution in [-0.2, 0) is 12.8 Å². The third-order valence-corrected chi connectivity index (χ3v) is 3.89. The number of hydrogen-bond donors (Lipinski definition) is 1. The molecule has 0 saturated carbocycles. The predicted molar refractivity (Wildman–Crippen MR) is 79.3 cm³/mol.